The monoisotopic (exact) mass is 377 g/mol. The molecule has 1 aromatic heterocycles. The molecule has 1 atom stereocenters. The molecule has 1 aliphatic rings. The lowest BCUT2D eigenvalue weighted by molar-refractivity contribution is 0.195. The zero-order valence-corrected chi connectivity index (χ0v) is 16.5. The molecule has 1 saturated carbocycles. The summed E-state index contributed by atoms with van der Waals surface area (Å²) in [6.45, 7) is 7.66. The molecule has 6 heteroatoms. The minimum atomic E-state index is -0.0562. The maximum absolute atomic E-state index is 12.5. The summed E-state index contributed by atoms with van der Waals surface area (Å²) in [4.78, 5) is 20.2. The number of benzene rings is 1. The Bertz CT molecular complexity index is 740. The van der Waals surface area contributed by atoms with Crippen LogP contribution in [0.4, 0.5) is 4.79 Å². The summed E-state index contributed by atoms with van der Waals surface area (Å²) >= 11 is 7.58. The van der Waals surface area contributed by atoms with Crippen LogP contribution in [0.15, 0.2) is 24.3 Å². The maximum atomic E-state index is 12.5. The number of carbonyl (C=O) groups is 1. The van der Waals surface area contributed by atoms with Gasteiger partial charge in [-0.15, -0.1) is 11.3 Å². The van der Waals surface area contributed by atoms with E-state index in [1.165, 1.54) is 12.8 Å². The first-order valence-electron chi connectivity index (χ1n) is 8.76. The molecule has 4 nitrogen and oxygen atoms in total. The summed E-state index contributed by atoms with van der Waals surface area (Å²) < 4.78 is 0. The minimum Gasteiger partial charge on any atom is -0.331 e. The van der Waals surface area contributed by atoms with Crippen LogP contribution in [-0.4, -0.2) is 29.0 Å². The van der Waals surface area contributed by atoms with Gasteiger partial charge in [0.1, 0.15) is 5.01 Å². The molecular weight excluding hydrogens is 354 g/mol. The van der Waals surface area contributed by atoms with E-state index in [1.807, 2.05) is 49.9 Å². The number of urea groups is 1. The van der Waals surface area contributed by atoms with E-state index in [0.717, 1.165) is 34.2 Å². The van der Waals surface area contributed by atoms with Crippen LogP contribution in [0.5, 0.6) is 0 Å². The summed E-state index contributed by atoms with van der Waals surface area (Å²) in [5.41, 5.74) is 2.01. The lowest BCUT2D eigenvalue weighted by atomic mass is 10.2. The Morgan fingerprint density at radius 3 is 2.68 bits per heavy atom. The van der Waals surface area contributed by atoms with Gasteiger partial charge in [-0.1, -0.05) is 23.7 Å². The van der Waals surface area contributed by atoms with Crippen LogP contribution in [0, 0.1) is 12.8 Å². The van der Waals surface area contributed by atoms with Crippen molar-refractivity contribution in [3.8, 4) is 10.6 Å². The molecule has 1 fully saturated rings. The van der Waals surface area contributed by atoms with Gasteiger partial charge in [0.05, 0.1) is 16.6 Å². The number of amides is 2. The summed E-state index contributed by atoms with van der Waals surface area (Å²) in [7, 11) is 0. The maximum Gasteiger partial charge on any atom is 0.317 e. The highest BCUT2D eigenvalue weighted by Crippen LogP contribution is 2.33. The number of aryl methyl sites for hydroxylation is 1. The highest BCUT2D eigenvalue weighted by molar-refractivity contribution is 7.15. The number of hydrogen-bond donors (Lipinski definition) is 1. The highest BCUT2D eigenvalue weighted by atomic mass is 35.5. The van der Waals surface area contributed by atoms with Crippen molar-refractivity contribution >= 4 is 29.0 Å². The largest absolute Gasteiger partial charge is 0.331 e. The van der Waals surface area contributed by atoms with Gasteiger partial charge >= 0.3 is 6.03 Å². The van der Waals surface area contributed by atoms with Gasteiger partial charge in [-0.05, 0) is 51.7 Å². The summed E-state index contributed by atoms with van der Waals surface area (Å²) in [5, 5.41) is 4.80. The summed E-state index contributed by atoms with van der Waals surface area (Å²) in [6.07, 6.45) is 2.50. The first-order chi connectivity index (χ1) is 12.0. The molecule has 0 saturated heterocycles. The number of aromatic nitrogens is 1. The zero-order chi connectivity index (χ0) is 18.0. The van der Waals surface area contributed by atoms with Crippen molar-refractivity contribution in [3.63, 3.8) is 0 Å². The standard InChI is InChI=1S/C19H24ClN3OS/c1-4-23(11-14-5-6-14)19(24)22-13(3)17-12(2)21-18(25-17)15-7-9-16(20)10-8-15/h7-10,13-14H,4-6,11H2,1-3H3,(H,22,24). The van der Waals surface area contributed by atoms with Crippen molar-refractivity contribution in [1.29, 1.82) is 0 Å². The Kier molecular flexibility index (Phi) is 5.64. The molecular formula is C19H24ClN3OS. The van der Waals surface area contributed by atoms with Gasteiger partial charge in [0.25, 0.3) is 0 Å². The fourth-order valence-electron chi connectivity index (χ4n) is 2.84. The molecule has 1 aromatic carbocycles. The average molecular weight is 378 g/mol. The third-order valence-corrected chi connectivity index (χ3v) is 6.14. The zero-order valence-electron chi connectivity index (χ0n) is 14.9. The minimum absolute atomic E-state index is 0.0164. The third-order valence-electron chi connectivity index (χ3n) is 4.50. The molecule has 1 heterocycles. The first-order valence-corrected chi connectivity index (χ1v) is 9.96. The van der Waals surface area contributed by atoms with Crippen molar-refractivity contribution in [2.45, 2.75) is 39.7 Å². The second-order valence-corrected chi connectivity index (χ2v) is 8.10. The Balaban J connectivity index is 1.70. The molecule has 1 unspecified atom stereocenters. The van der Waals surface area contributed by atoms with Gasteiger partial charge < -0.3 is 10.2 Å². The van der Waals surface area contributed by atoms with E-state index in [-0.39, 0.29) is 12.1 Å². The van der Waals surface area contributed by atoms with E-state index in [0.29, 0.717) is 10.9 Å². The van der Waals surface area contributed by atoms with Crippen LogP contribution in [-0.2, 0) is 0 Å². The Morgan fingerprint density at radius 1 is 1.40 bits per heavy atom. The molecule has 0 bridgehead atoms. The third kappa shape index (κ3) is 4.53. The molecule has 0 aliphatic heterocycles. The van der Waals surface area contributed by atoms with Gasteiger partial charge in [0.2, 0.25) is 0 Å². The highest BCUT2D eigenvalue weighted by Gasteiger charge is 2.27. The van der Waals surface area contributed by atoms with E-state index >= 15 is 0 Å². The van der Waals surface area contributed by atoms with Crippen LogP contribution in [0.3, 0.4) is 0 Å². The number of carbonyl (C=O) groups excluding carboxylic acids is 1. The normalized spacial score (nSPS) is 15.0. The van der Waals surface area contributed by atoms with E-state index in [2.05, 4.69) is 10.3 Å². The lowest BCUT2D eigenvalue weighted by Crippen LogP contribution is -2.41. The molecule has 0 radical (unpaired) electrons. The molecule has 2 amide bonds. The lowest BCUT2D eigenvalue weighted by Gasteiger charge is -2.23. The predicted molar refractivity (Wildman–Crippen MR) is 104 cm³/mol. The van der Waals surface area contributed by atoms with E-state index in [9.17, 15) is 4.79 Å². The summed E-state index contributed by atoms with van der Waals surface area (Å²) in [6, 6.07) is 7.65. The van der Waals surface area contributed by atoms with Crippen LogP contribution in [0.25, 0.3) is 10.6 Å². The Hall–Kier alpha value is -1.59. The van der Waals surface area contributed by atoms with Crippen molar-refractivity contribution in [3.05, 3.63) is 39.9 Å². The van der Waals surface area contributed by atoms with Crippen molar-refractivity contribution < 1.29 is 4.79 Å². The van der Waals surface area contributed by atoms with E-state index in [1.54, 1.807) is 11.3 Å². The number of nitrogens with zero attached hydrogens (tertiary/aromatic N) is 2. The molecule has 3 rings (SSSR count). The number of hydrogen-bond acceptors (Lipinski definition) is 3. The Morgan fingerprint density at radius 2 is 2.08 bits per heavy atom. The van der Waals surface area contributed by atoms with E-state index < -0.39 is 0 Å². The first kappa shape index (κ1) is 18.2. The quantitative estimate of drug-likeness (QED) is 0.744. The van der Waals surface area contributed by atoms with Crippen LogP contribution >= 0.6 is 22.9 Å². The molecule has 134 valence electrons. The second kappa shape index (κ2) is 7.75. The average Bonchev–Trinajstić information content (AvgIpc) is 3.33. The topological polar surface area (TPSA) is 45.2 Å². The van der Waals surface area contributed by atoms with Gasteiger partial charge in [-0.25, -0.2) is 9.78 Å². The van der Waals surface area contributed by atoms with Gasteiger partial charge in [0.15, 0.2) is 0 Å². The smallest absolute Gasteiger partial charge is 0.317 e. The van der Waals surface area contributed by atoms with E-state index in [4.69, 9.17) is 11.6 Å². The number of rotatable bonds is 6. The SMILES string of the molecule is CCN(CC1CC1)C(=O)NC(C)c1sc(-c2ccc(Cl)cc2)nc1C. The second-order valence-electron chi connectivity index (χ2n) is 6.63. The fourth-order valence-corrected chi connectivity index (χ4v) is 4.04. The van der Waals surface area contributed by atoms with Crippen molar-refractivity contribution in [1.82, 2.24) is 15.2 Å². The summed E-state index contributed by atoms with van der Waals surface area (Å²) in [5.74, 6) is 0.697. The van der Waals surface area contributed by atoms with Gasteiger partial charge in [-0.2, -0.15) is 0 Å². The molecule has 1 aliphatic carbocycles. The number of halogens is 1. The van der Waals surface area contributed by atoms with Gasteiger partial charge in [0, 0.05) is 23.7 Å². The molecule has 0 spiro atoms. The number of nitrogens with one attached hydrogen (secondary N) is 1. The molecule has 25 heavy (non-hydrogen) atoms. The van der Waals surface area contributed by atoms with Crippen molar-refractivity contribution in [2.24, 2.45) is 5.92 Å². The fraction of sp³-hybridized carbons (Fsp3) is 0.474. The van der Waals surface area contributed by atoms with Crippen LogP contribution in [0.2, 0.25) is 5.02 Å². The van der Waals surface area contributed by atoms with Crippen LogP contribution < -0.4 is 5.32 Å². The molecule has 2 aromatic rings. The Labute approximate surface area is 158 Å². The molecule has 1 N–H and O–H groups in total. The van der Waals surface area contributed by atoms with Crippen LogP contribution in [0.1, 0.15) is 43.3 Å². The van der Waals surface area contributed by atoms with Crippen molar-refractivity contribution in [2.75, 3.05) is 13.1 Å². The predicted octanol–water partition coefficient (Wildman–Crippen LogP) is 5.27. The van der Waals surface area contributed by atoms with Gasteiger partial charge in [-0.3, -0.25) is 0 Å². The number of thiazole rings is 1.